The Hall–Kier alpha value is -1.75. The first-order valence-electron chi connectivity index (χ1n) is 7.28. The number of carboxylic acids is 1. The van der Waals surface area contributed by atoms with Gasteiger partial charge in [-0.05, 0) is 25.8 Å². The zero-order valence-corrected chi connectivity index (χ0v) is 13.2. The third-order valence-corrected chi connectivity index (χ3v) is 4.84. The zero-order valence-electron chi connectivity index (χ0n) is 12.4. The molecule has 0 amide bonds. The van der Waals surface area contributed by atoms with E-state index in [-0.39, 0.29) is 22.3 Å². The first-order chi connectivity index (χ1) is 10.3. The first kappa shape index (κ1) is 15.2. The van der Waals surface area contributed by atoms with E-state index in [9.17, 15) is 14.7 Å². The summed E-state index contributed by atoms with van der Waals surface area (Å²) < 4.78 is 11.9. The lowest BCUT2D eigenvalue weighted by Crippen LogP contribution is -2.44. The van der Waals surface area contributed by atoms with Gasteiger partial charge in [-0.15, -0.1) is 0 Å². The molecule has 0 unspecified atom stereocenters. The van der Waals surface area contributed by atoms with Crippen LogP contribution in [0.15, 0.2) is 6.07 Å². The van der Waals surface area contributed by atoms with E-state index in [1.165, 1.54) is 6.07 Å². The molecule has 5 nitrogen and oxygen atoms in total. The van der Waals surface area contributed by atoms with E-state index in [1.807, 2.05) is 6.92 Å². The van der Waals surface area contributed by atoms with Crippen LogP contribution in [0.1, 0.15) is 48.5 Å². The normalized spacial score (nSPS) is 24.6. The van der Waals surface area contributed by atoms with Crippen molar-refractivity contribution in [2.75, 3.05) is 0 Å². The Labute approximate surface area is 133 Å². The maximum atomic E-state index is 11.4. The molecule has 0 radical (unpaired) electrons. The lowest BCUT2D eigenvalue weighted by molar-refractivity contribution is -0.135. The molecule has 0 saturated heterocycles. The van der Waals surface area contributed by atoms with Crippen LogP contribution in [0.3, 0.4) is 0 Å². The van der Waals surface area contributed by atoms with Crippen LogP contribution in [0.5, 0.6) is 11.5 Å². The minimum Gasteiger partial charge on any atom is -0.478 e. The van der Waals surface area contributed by atoms with Crippen molar-refractivity contribution in [2.24, 2.45) is 5.92 Å². The van der Waals surface area contributed by atoms with E-state index in [1.54, 1.807) is 6.92 Å². The number of carbonyl (C=O) groups is 2. The van der Waals surface area contributed by atoms with Crippen molar-refractivity contribution in [3.8, 4) is 11.5 Å². The highest BCUT2D eigenvalue weighted by Gasteiger charge is 2.47. The van der Waals surface area contributed by atoms with Gasteiger partial charge in [0.05, 0.1) is 10.6 Å². The van der Waals surface area contributed by atoms with Crippen LogP contribution in [-0.4, -0.2) is 22.6 Å². The number of hydrogen-bond donors (Lipinski definition) is 1. The minimum atomic E-state index is -1.05. The van der Waals surface area contributed by atoms with E-state index in [0.717, 1.165) is 0 Å². The SMILES string of the molecule is Cc1c(C(=O)O)cc(Cl)c2c1O[C@](C)(C1CCC(=O)CC1)O2. The van der Waals surface area contributed by atoms with Gasteiger partial charge < -0.3 is 14.6 Å². The topological polar surface area (TPSA) is 72.8 Å². The van der Waals surface area contributed by atoms with Gasteiger partial charge in [0.25, 0.3) is 5.79 Å². The van der Waals surface area contributed by atoms with Gasteiger partial charge in [0, 0.05) is 31.2 Å². The number of hydrogen-bond acceptors (Lipinski definition) is 4. The van der Waals surface area contributed by atoms with Gasteiger partial charge in [-0.3, -0.25) is 4.79 Å². The predicted molar refractivity (Wildman–Crippen MR) is 79.8 cm³/mol. The average Bonchev–Trinajstić information content (AvgIpc) is 2.83. The number of fused-ring (bicyclic) bond motifs is 1. The molecule has 3 rings (SSSR count). The quantitative estimate of drug-likeness (QED) is 0.900. The van der Waals surface area contributed by atoms with Crippen molar-refractivity contribution in [3.63, 3.8) is 0 Å². The molecule has 1 aromatic rings. The zero-order chi connectivity index (χ0) is 16.1. The highest BCUT2D eigenvalue weighted by atomic mass is 35.5. The molecule has 1 atom stereocenters. The summed E-state index contributed by atoms with van der Waals surface area (Å²) in [4.78, 5) is 22.7. The van der Waals surface area contributed by atoms with Gasteiger partial charge >= 0.3 is 5.97 Å². The van der Waals surface area contributed by atoms with Gasteiger partial charge in [0.1, 0.15) is 5.78 Å². The fraction of sp³-hybridized carbons (Fsp3) is 0.500. The average molecular weight is 325 g/mol. The minimum absolute atomic E-state index is 0.0707. The molecule has 1 aliphatic heterocycles. The predicted octanol–water partition coefficient (Wildman–Crippen LogP) is 3.59. The molecular weight excluding hydrogens is 308 g/mol. The number of rotatable bonds is 2. The molecule has 1 aromatic carbocycles. The molecule has 1 aliphatic carbocycles. The van der Waals surface area contributed by atoms with E-state index >= 15 is 0 Å². The number of benzene rings is 1. The molecule has 0 spiro atoms. The fourth-order valence-corrected chi connectivity index (χ4v) is 3.43. The number of carbonyl (C=O) groups excluding carboxylic acids is 1. The van der Waals surface area contributed by atoms with E-state index in [0.29, 0.717) is 42.7 Å². The third kappa shape index (κ3) is 2.33. The summed E-state index contributed by atoms with van der Waals surface area (Å²) in [7, 11) is 0. The number of ketones is 1. The second-order valence-electron chi connectivity index (χ2n) is 6.03. The van der Waals surface area contributed by atoms with Crippen LogP contribution in [0.4, 0.5) is 0 Å². The fourth-order valence-electron chi connectivity index (χ4n) is 3.20. The summed E-state index contributed by atoms with van der Waals surface area (Å²) in [6.45, 7) is 3.50. The molecule has 0 bridgehead atoms. The summed E-state index contributed by atoms with van der Waals surface area (Å²) in [5.74, 6) is -0.844. The smallest absolute Gasteiger partial charge is 0.336 e. The van der Waals surface area contributed by atoms with Crippen LogP contribution >= 0.6 is 11.6 Å². The number of Topliss-reactive ketones (excluding diaryl/α,β-unsaturated/α-hetero) is 1. The third-order valence-electron chi connectivity index (χ3n) is 4.56. The Morgan fingerprint density at radius 1 is 1.32 bits per heavy atom. The second-order valence-corrected chi connectivity index (χ2v) is 6.43. The Bertz CT molecular complexity index is 659. The Morgan fingerprint density at radius 2 is 1.91 bits per heavy atom. The number of ether oxygens (including phenoxy) is 2. The first-order valence-corrected chi connectivity index (χ1v) is 7.65. The van der Waals surface area contributed by atoms with Gasteiger partial charge in [-0.1, -0.05) is 11.6 Å². The summed E-state index contributed by atoms with van der Waals surface area (Å²) >= 11 is 6.16. The molecular formula is C16H17ClO5. The lowest BCUT2D eigenvalue weighted by atomic mass is 9.83. The Morgan fingerprint density at radius 3 is 2.50 bits per heavy atom. The summed E-state index contributed by atoms with van der Waals surface area (Å²) in [5, 5.41) is 9.47. The largest absolute Gasteiger partial charge is 0.478 e. The number of carboxylic acid groups (broad SMARTS) is 1. The van der Waals surface area contributed by atoms with Crippen molar-refractivity contribution in [1.82, 2.24) is 0 Å². The highest BCUT2D eigenvalue weighted by Crippen LogP contribution is 2.51. The molecule has 6 heteroatoms. The number of halogens is 1. The molecule has 22 heavy (non-hydrogen) atoms. The van der Waals surface area contributed by atoms with Gasteiger partial charge in [-0.25, -0.2) is 4.79 Å². The Balaban J connectivity index is 1.95. The lowest BCUT2D eigenvalue weighted by Gasteiger charge is -2.34. The van der Waals surface area contributed by atoms with Crippen LogP contribution in [-0.2, 0) is 4.79 Å². The van der Waals surface area contributed by atoms with Crippen molar-refractivity contribution in [1.29, 1.82) is 0 Å². The monoisotopic (exact) mass is 324 g/mol. The van der Waals surface area contributed by atoms with E-state index in [2.05, 4.69) is 0 Å². The van der Waals surface area contributed by atoms with Crippen molar-refractivity contribution in [3.05, 3.63) is 22.2 Å². The second kappa shape index (κ2) is 5.16. The number of aromatic carboxylic acids is 1. The van der Waals surface area contributed by atoms with Crippen LogP contribution < -0.4 is 9.47 Å². The van der Waals surface area contributed by atoms with E-state index in [4.69, 9.17) is 21.1 Å². The molecule has 1 saturated carbocycles. The van der Waals surface area contributed by atoms with Gasteiger partial charge in [0.2, 0.25) is 0 Å². The van der Waals surface area contributed by atoms with Gasteiger partial charge in [0.15, 0.2) is 11.5 Å². The van der Waals surface area contributed by atoms with E-state index < -0.39 is 11.8 Å². The summed E-state index contributed by atoms with van der Waals surface area (Å²) in [5.41, 5.74) is 0.609. The van der Waals surface area contributed by atoms with Crippen molar-refractivity contribution < 1.29 is 24.2 Å². The van der Waals surface area contributed by atoms with Crippen molar-refractivity contribution >= 4 is 23.4 Å². The van der Waals surface area contributed by atoms with Crippen LogP contribution in [0.2, 0.25) is 5.02 Å². The molecule has 1 heterocycles. The highest BCUT2D eigenvalue weighted by molar-refractivity contribution is 6.32. The molecule has 1 N–H and O–H groups in total. The summed E-state index contributed by atoms with van der Waals surface area (Å²) in [6, 6.07) is 1.39. The standard InChI is InChI=1S/C16H17ClO5/c1-8-11(15(19)20)7-12(17)14-13(8)21-16(2,22-14)9-3-5-10(18)6-4-9/h7,9H,3-6H2,1-2H3,(H,19,20)/t16-/m0/s1. The molecule has 2 aliphatic rings. The molecule has 1 fully saturated rings. The molecule has 118 valence electrons. The van der Waals surface area contributed by atoms with Crippen LogP contribution in [0.25, 0.3) is 0 Å². The Kier molecular flexibility index (Phi) is 3.56. The maximum absolute atomic E-state index is 11.4. The maximum Gasteiger partial charge on any atom is 0.336 e. The van der Waals surface area contributed by atoms with Crippen LogP contribution in [0, 0.1) is 12.8 Å². The molecule has 0 aromatic heterocycles. The summed E-state index contributed by atoms with van der Waals surface area (Å²) in [6.07, 6.45) is 2.45. The van der Waals surface area contributed by atoms with Gasteiger partial charge in [-0.2, -0.15) is 0 Å². The van der Waals surface area contributed by atoms with Crippen molar-refractivity contribution in [2.45, 2.75) is 45.3 Å².